The minimum atomic E-state index is -3.57. The number of rotatable bonds is 6. The van der Waals surface area contributed by atoms with E-state index in [1.165, 1.54) is 18.2 Å². The molecule has 0 saturated heterocycles. The van der Waals surface area contributed by atoms with Crippen LogP contribution < -0.4 is 4.72 Å². The van der Waals surface area contributed by atoms with Crippen LogP contribution in [-0.2, 0) is 14.8 Å². The Morgan fingerprint density at radius 1 is 1.29 bits per heavy atom. The Labute approximate surface area is 123 Å². The third-order valence-corrected chi connectivity index (χ3v) is 4.82. The first kappa shape index (κ1) is 15.7. The van der Waals surface area contributed by atoms with E-state index >= 15 is 0 Å². The molecule has 0 bridgehead atoms. The Morgan fingerprint density at radius 2 is 1.90 bits per heavy atom. The van der Waals surface area contributed by atoms with Crippen molar-refractivity contribution in [3.8, 4) is 0 Å². The van der Waals surface area contributed by atoms with Gasteiger partial charge in [0.15, 0.2) is 0 Å². The summed E-state index contributed by atoms with van der Waals surface area (Å²) in [5.74, 6) is -0.872. The Bertz CT molecular complexity index is 630. The van der Waals surface area contributed by atoms with Crippen LogP contribution in [-0.4, -0.2) is 37.2 Å². The van der Waals surface area contributed by atoms with E-state index in [0.717, 1.165) is 6.08 Å². The number of sulfonamides is 1. The normalized spacial score (nSPS) is 22.1. The third kappa shape index (κ3) is 4.38. The molecule has 6 nitrogen and oxygen atoms in total. The van der Waals surface area contributed by atoms with Gasteiger partial charge in [-0.05, 0) is 42.5 Å². The molecule has 1 saturated carbocycles. The van der Waals surface area contributed by atoms with Crippen LogP contribution in [0.2, 0.25) is 0 Å². The molecular weight excluding hydrogens is 294 g/mol. The molecule has 7 heteroatoms. The van der Waals surface area contributed by atoms with Crippen molar-refractivity contribution in [2.24, 2.45) is 5.92 Å². The van der Waals surface area contributed by atoms with Crippen LogP contribution in [0.3, 0.4) is 0 Å². The quantitative estimate of drug-likeness (QED) is 0.675. The highest BCUT2D eigenvalue weighted by molar-refractivity contribution is 7.89. The maximum absolute atomic E-state index is 12.0. The minimum absolute atomic E-state index is 0.134. The molecule has 21 heavy (non-hydrogen) atoms. The number of nitrogens with one attached hydrogen (secondary N) is 1. The molecule has 1 aromatic rings. The average molecular weight is 311 g/mol. The zero-order valence-corrected chi connectivity index (χ0v) is 12.1. The lowest BCUT2D eigenvalue weighted by atomic mass is 9.83. The van der Waals surface area contributed by atoms with Gasteiger partial charge in [0.25, 0.3) is 0 Å². The lowest BCUT2D eigenvalue weighted by molar-refractivity contribution is -0.131. The second-order valence-corrected chi connectivity index (χ2v) is 6.85. The lowest BCUT2D eigenvalue weighted by Gasteiger charge is -2.31. The molecule has 0 radical (unpaired) electrons. The van der Waals surface area contributed by atoms with Crippen molar-refractivity contribution in [1.29, 1.82) is 0 Å². The molecule has 0 amide bonds. The van der Waals surface area contributed by atoms with E-state index in [-0.39, 0.29) is 16.9 Å². The molecule has 1 aliphatic rings. The number of carboxylic acids is 1. The third-order valence-electron chi connectivity index (χ3n) is 3.38. The van der Waals surface area contributed by atoms with Gasteiger partial charge < -0.3 is 10.2 Å². The van der Waals surface area contributed by atoms with E-state index in [1.807, 2.05) is 0 Å². The van der Waals surface area contributed by atoms with Crippen LogP contribution in [0.4, 0.5) is 0 Å². The summed E-state index contributed by atoms with van der Waals surface area (Å²) in [5, 5.41) is 17.7. The molecule has 1 aliphatic carbocycles. The first-order valence-electron chi connectivity index (χ1n) is 6.55. The van der Waals surface area contributed by atoms with Gasteiger partial charge in [-0.2, -0.15) is 0 Å². The van der Waals surface area contributed by atoms with Crippen molar-refractivity contribution in [1.82, 2.24) is 4.72 Å². The SMILES string of the molecule is O=C(O)C=Cc1ccc(S(=O)(=O)NCC2CC(O)C2)cc1. The van der Waals surface area contributed by atoms with Gasteiger partial charge in [0, 0.05) is 12.6 Å². The summed E-state index contributed by atoms with van der Waals surface area (Å²) in [5.41, 5.74) is 0.610. The minimum Gasteiger partial charge on any atom is -0.478 e. The van der Waals surface area contributed by atoms with Crippen molar-refractivity contribution < 1.29 is 23.4 Å². The van der Waals surface area contributed by atoms with Crippen LogP contribution in [0.25, 0.3) is 6.08 Å². The summed E-state index contributed by atoms with van der Waals surface area (Å²) in [4.78, 5) is 10.5. The van der Waals surface area contributed by atoms with Gasteiger partial charge in [0.1, 0.15) is 0 Å². The topological polar surface area (TPSA) is 104 Å². The summed E-state index contributed by atoms with van der Waals surface area (Å²) >= 11 is 0. The Morgan fingerprint density at radius 3 is 2.43 bits per heavy atom. The van der Waals surface area contributed by atoms with E-state index in [2.05, 4.69) is 4.72 Å². The number of hydrogen-bond donors (Lipinski definition) is 3. The number of aliphatic hydroxyl groups is 1. The summed E-state index contributed by atoms with van der Waals surface area (Å²) in [7, 11) is -3.57. The van der Waals surface area contributed by atoms with Gasteiger partial charge >= 0.3 is 5.97 Å². The van der Waals surface area contributed by atoms with Gasteiger partial charge in [-0.25, -0.2) is 17.9 Å². The fourth-order valence-electron chi connectivity index (χ4n) is 2.10. The van der Waals surface area contributed by atoms with E-state index in [0.29, 0.717) is 24.9 Å². The molecule has 0 heterocycles. The molecule has 0 atom stereocenters. The second-order valence-electron chi connectivity index (χ2n) is 5.08. The maximum atomic E-state index is 12.0. The van der Waals surface area contributed by atoms with Crippen molar-refractivity contribution in [3.05, 3.63) is 35.9 Å². The van der Waals surface area contributed by atoms with E-state index < -0.39 is 16.0 Å². The molecule has 114 valence electrons. The van der Waals surface area contributed by atoms with Gasteiger partial charge in [-0.15, -0.1) is 0 Å². The molecular formula is C14H17NO5S. The van der Waals surface area contributed by atoms with Crippen molar-refractivity contribution in [3.63, 3.8) is 0 Å². The number of carbonyl (C=O) groups is 1. The van der Waals surface area contributed by atoms with Crippen LogP contribution in [0.5, 0.6) is 0 Å². The van der Waals surface area contributed by atoms with E-state index in [4.69, 9.17) is 10.2 Å². The Balaban J connectivity index is 1.98. The first-order valence-corrected chi connectivity index (χ1v) is 8.04. The average Bonchev–Trinajstić information content (AvgIpc) is 2.40. The zero-order chi connectivity index (χ0) is 15.5. The molecule has 0 unspecified atom stereocenters. The largest absolute Gasteiger partial charge is 0.478 e. The highest BCUT2D eigenvalue weighted by Crippen LogP contribution is 2.26. The van der Waals surface area contributed by atoms with Crippen LogP contribution in [0.15, 0.2) is 35.2 Å². The summed E-state index contributed by atoms with van der Waals surface area (Å²) < 4.78 is 26.6. The number of aliphatic hydroxyl groups excluding tert-OH is 1. The molecule has 0 aromatic heterocycles. The first-order chi connectivity index (χ1) is 9.87. The monoisotopic (exact) mass is 311 g/mol. The van der Waals surface area contributed by atoms with E-state index in [1.54, 1.807) is 12.1 Å². The lowest BCUT2D eigenvalue weighted by Crippen LogP contribution is -2.38. The molecule has 1 fully saturated rings. The maximum Gasteiger partial charge on any atom is 0.328 e. The van der Waals surface area contributed by atoms with Crippen LogP contribution >= 0.6 is 0 Å². The van der Waals surface area contributed by atoms with Crippen LogP contribution in [0.1, 0.15) is 18.4 Å². The number of aliphatic carboxylic acids is 1. The predicted molar refractivity (Wildman–Crippen MR) is 77.0 cm³/mol. The smallest absolute Gasteiger partial charge is 0.328 e. The van der Waals surface area contributed by atoms with Crippen molar-refractivity contribution in [2.75, 3.05) is 6.54 Å². The van der Waals surface area contributed by atoms with E-state index in [9.17, 15) is 13.2 Å². The number of benzene rings is 1. The molecule has 1 aromatic carbocycles. The van der Waals surface area contributed by atoms with Gasteiger partial charge in [-0.3, -0.25) is 0 Å². The second kappa shape index (κ2) is 6.38. The summed E-state index contributed by atoms with van der Waals surface area (Å²) in [6.45, 7) is 0.320. The fourth-order valence-corrected chi connectivity index (χ4v) is 3.22. The molecule has 0 aliphatic heterocycles. The highest BCUT2D eigenvalue weighted by Gasteiger charge is 2.28. The fraction of sp³-hybridized carbons (Fsp3) is 0.357. The molecule has 3 N–H and O–H groups in total. The molecule has 0 spiro atoms. The number of hydrogen-bond acceptors (Lipinski definition) is 4. The van der Waals surface area contributed by atoms with Crippen molar-refractivity contribution >= 4 is 22.1 Å². The van der Waals surface area contributed by atoms with Gasteiger partial charge in [0.05, 0.1) is 11.0 Å². The standard InChI is InChI=1S/C14H17NO5S/c16-12-7-11(8-12)9-15-21(19,20)13-4-1-10(2-5-13)3-6-14(17)18/h1-6,11-12,15-16H,7-9H2,(H,17,18). The van der Waals surface area contributed by atoms with Crippen LogP contribution in [0, 0.1) is 5.92 Å². The molecule has 2 rings (SSSR count). The Kier molecular flexibility index (Phi) is 4.76. The predicted octanol–water partition coefficient (Wildman–Crippen LogP) is 0.834. The highest BCUT2D eigenvalue weighted by atomic mass is 32.2. The van der Waals surface area contributed by atoms with Gasteiger partial charge in [0.2, 0.25) is 10.0 Å². The summed E-state index contributed by atoms with van der Waals surface area (Å²) in [6.07, 6.45) is 3.33. The van der Waals surface area contributed by atoms with Gasteiger partial charge in [-0.1, -0.05) is 12.1 Å². The Hall–Kier alpha value is -1.70. The summed E-state index contributed by atoms with van der Waals surface area (Å²) in [6, 6.07) is 5.95. The zero-order valence-electron chi connectivity index (χ0n) is 11.3. The van der Waals surface area contributed by atoms with Crippen molar-refractivity contribution in [2.45, 2.75) is 23.8 Å². The number of carboxylic acid groups (broad SMARTS) is 1.